The predicted molar refractivity (Wildman–Crippen MR) is 212 cm³/mol. The summed E-state index contributed by atoms with van der Waals surface area (Å²) in [6, 6.07) is 13.0. The van der Waals surface area contributed by atoms with Crippen LogP contribution in [-0.2, 0) is 20.6 Å². The summed E-state index contributed by atoms with van der Waals surface area (Å²) in [5.74, 6) is -1.07. The number of halogens is 3. The van der Waals surface area contributed by atoms with Crippen LogP contribution in [0.15, 0.2) is 54.7 Å². The van der Waals surface area contributed by atoms with Crippen LogP contribution < -0.4 is 25.2 Å². The molecule has 1 aromatic heterocycles. The number of nitrogens with zero attached hydrogens (tertiary/aromatic N) is 6. The summed E-state index contributed by atoms with van der Waals surface area (Å²) >= 11 is 0. The molecule has 8 rings (SSSR count). The minimum Gasteiger partial charge on any atom is -0.491 e. The van der Waals surface area contributed by atoms with Gasteiger partial charge in [0, 0.05) is 74.9 Å². The largest absolute Gasteiger partial charge is 0.491 e. The molecule has 2 N–H and O–H groups in total. The Hall–Kier alpha value is -6.02. The average Bonchev–Trinajstić information content (AvgIpc) is 3.47. The highest BCUT2D eigenvalue weighted by atomic mass is 19.4. The number of amides is 5. The van der Waals surface area contributed by atoms with Gasteiger partial charge < -0.3 is 24.8 Å². The zero-order chi connectivity index (χ0) is 42.3. The Balaban J connectivity index is 0.743. The fourth-order valence-electron chi connectivity index (χ4n) is 9.13. The van der Waals surface area contributed by atoms with Crippen LogP contribution in [0.1, 0.15) is 77.3 Å². The number of ether oxygens (including phenoxy) is 1. The molecule has 0 aliphatic carbocycles. The highest BCUT2D eigenvalue weighted by molar-refractivity contribution is 6.23. The Kier molecular flexibility index (Phi) is 11.0. The third-order valence-electron chi connectivity index (χ3n) is 12.4. The maximum absolute atomic E-state index is 13.5. The van der Waals surface area contributed by atoms with Crippen LogP contribution in [0.3, 0.4) is 0 Å². The molecule has 314 valence electrons. The molecule has 5 amide bonds. The molecule has 4 fully saturated rings. The first-order valence-corrected chi connectivity index (χ1v) is 20.3. The lowest BCUT2D eigenvalue weighted by Crippen LogP contribution is -2.58. The molecule has 1 unspecified atom stereocenters. The molecule has 0 bridgehead atoms. The fraction of sp³-hybridized carbons (Fsp3) is 0.465. The van der Waals surface area contributed by atoms with Gasteiger partial charge in [-0.25, -0.2) is 4.98 Å². The number of hydrogen-bond acceptors (Lipinski definition) is 11. The van der Waals surface area contributed by atoms with Gasteiger partial charge in [0.1, 0.15) is 17.6 Å². The predicted octanol–water partition coefficient (Wildman–Crippen LogP) is 4.85. The number of rotatable bonds is 10. The van der Waals surface area contributed by atoms with Gasteiger partial charge in [0.05, 0.1) is 41.1 Å². The van der Waals surface area contributed by atoms with Gasteiger partial charge >= 0.3 is 6.18 Å². The van der Waals surface area contributed by atoms with Gasteiger partial charge in [-0.2, -0.15) is 18.4 Å². The molecular weight excluding hydrogens is 782 g/mol. The molecule has 0 spiro atoms. The summed E-state index contributed by atoms with van der Waals surface area (Å²) in [7, 11) is 0. The molecule has 2 aromatic carbocycles. The third kappa shape index (κ3) is 8.38. The maximum atomic E-state index is 13.5. The van der Waals surface area contributed by atoms with Crippen molar-refractivity contribution in [2.75, 3.05) is 67.5 Å². The Morgan fingerprint density at radius 3 is 2.23 bits per heavy atom. The SMILES string of the molecule is CC1(COc2ccc(NC(=O)C3CCN(c4ccc(C#N)c(C(F)(F)F)c4)CC3)nc2)CN(CC2CCN(c3ccc4c(c3)C(=O)N(C3CCC(=O)NC3=O)C4=O)CC2)C1. The molecule has 3 aromatic rings. The first kappa shape index (κ1) is 40.7. The highest BCUT2D eigenvalue weighted by Crippen LogP contribution is 2.37. The second-order valence-electron chi connectivity index (χ2n) is 16.8. The number of carbonyl (C=O) groups excluding carboxylic acids is 5. The number of anilines is 3. The monoisotopic (exact) mass is 826 g/mol. The number of pyridine rings is 1. The van der Waals surface area contributed by atoms with E-state index >= 15 is 0 Å². The molecule has 17 heteroatoms. The molecule has 5 aliphatic rings. The molecule has 4 saturated heterocycles. The minimum absolute atomic E-state index is 0.0232. The number of hydrogen-bond donors (Lipinski definition) is 2. The van der Waals surface area contributed by atoms with Crippen LogP contribution in [-0.4, -0.2) is 103 Å². The van der Waals surface area contributed by atoms with Crippen molar-refractivity contribution in [1.82, 2.24) is 20.1 Å². The number of imide groups is 2. The minimum atomic E-state index is -4.63. The lowest BCUT2D eigenvalue weighted by atomic mass is 9.81. The number of nitrogens with one attached hydrogen (secondary N) is 2. The van der Waals surface area contributed by atoms with Gasteiger partial charge in [-0.15, -0.1) is 0 Å². The van der Waals surface area contributed by atoms with Crippen LogP contribution in [0.5, 0.6) is 5.75 Å². The van der Waals surface area contributed by atoms with Gasteiger partial charge in [-0.1, -0.05) is 6.92 Å². The topological polar surface area (TPSA) is 168 Å². The van der Waals surface area contributed by atoms with E-state index in [9.17, 15) is 37.1 Å². The van der Waals surface area contributed by atoms with Crippen molar-refractivity contribution in [2.45, 2.75) is 57.7 Å². The number of piperidine rings is 3. The first-order chi connectivity index (χ1) is 28.7. The number of aromatic nitrogens is 1. The summed E-state index contributed by atoms with van der Waals surface area (Å²) in [6.07, 6.45) is 0.0235. The Labute approximate surface area is 344 Å². The Bertz CT molecular complexity index is 2240. The normalized spacial score (nSPS) is 21.3. The van der Waals surface area contributed by atoms with Crippen molar-refractivity contribution in [3.8, 4) is 11.8 Å². The zero-order valence-electron chi connectivity index (χ0n) is 33.1. The maximum Gasteiger partial charge on any atom is 0.417 e. The van der Waals surface area contributed by atoms with Gasteiger partial charge in [-0.05, 0) is 86.6 Å². The smallest absolute Gasteiger partial charge is 0.417 e. The third-order valence-corrected chi connectivity index (χ3v) is 12.4. The first-order valence-electron chi connectivity index (χ1n) is 20.3. The number of nitriles is 1. The number of likely N-dealkylation sites (tertiary alicyclic amines) is 1. The molecular formula is C43H45F3N8O6. The molecule has 0 radical (unpaired) electrons. The van der Waals surface area contributed by atoms with Gasteiger partial charge in [0.15, 0.2) is 0 Å². The van der Waals surface area contributed by atoms with Crippen LogP contribution in [0.4, 0.5) is 30.4 Å². The van der Waals surface area contributed by atoms with Gasteiger partial charge in [0.2, 0.25) is 17.7 Å². The van der Waals surface area contributed by atoms with E-state index in [-0.39, 0.29) is 41.2 Å². The molecule has 6 heterocycles. The fourth-order valence-corrected chi connectivity index (χ4v) is 9.13. The molecule has 5 aliphatic heterocycles. The highest BCUT2D eigenvalue weighted by Gasteiger charge is 2.45. The number of carbonyl (C=O) groups is 5. The molecule has 1 atom stereocenters. The van der Waals surface area contributed by atoms with Crippen LogP contribution >= 0.6 is 0 Å². The van der Waals surface area contributed by atoms with E-state index in [4.69, 9.17) is 10.00 Å². The lowest BCUT2D eigenvalue weighted by Gasteiger charge is -2.49. The number of benzene rings is 2. The zero-order valence-corrected chi connectivity index (χ0v) is 33.1. The molecule has 14 nitrogen and oxygen atoms in total. The van der Waals surface area contributed by atoms with Crippen molar-refractivity contribution in [2.24, 2.45) is 17.3 Å². The second-order valence-corrected chi connectivity index (χ2v) is 16.8. The number of alkyl halides is 3. The summed E-state index contributed by atoms with van der Waals surface area (Å²) in [6.45, 7) is 7.90. The van der Waals surface area contributed by atoms with Crippen LogP contribution in [0, 0.1) is 28.6 Å². The Morgan fingerprint density at radius 1 is 0.917 bits per heavy atom. The van der Waals surface area contributed by atoms with Crippen LogP contribution in [0.25, 0.3) is 0 Å². The van der Waals surface area contributed by atoms with Crippen molar-refractivity contribution < 1.29 is 41.9 Å². The summed E-state index contributed by atoms with van der Waals surface area (Å²) in [4.78, 5) is 75.3. The standard InChI is InChI=1S/C43H45F3N8O6/c1-42(25-60-31-5-8-36(48-21-31)49-38(56)27-12-16-53(17-13-27)30-3-2-28(20-47)34(19-30)43(44,45)46)23-51(24-42)22-26-10-14-52(15-11-26)29-4-6-32-33(18-29)41(59)54(40(32)58)35-7-9-37(55)50-39(35)57/h2-6,8,18-19,21,26-27,35H,7,9-17,22-25H2,1H3,(H,48,49,56)(H,50,55,57). The van der Waals surface area contributed by atoms with Crippen molar-refractivity contribution in [1.29, 1.82) is 5.26 Å². The molecule has 60 heavy (non-hydrogen) atoms. The van der Waals surface area contributed by atoms with E-state index in [0.29, 0.717) is 55.7 Å². The van der Waals surface area contributed by atoms with E-state index in [1.165, 1.54) is 12.1 Å². The van der Waals surface area contributed by atoms with E-state index in [2.05, 4.69) is 32.3 Å². The Morgan fingerprint density at radius 2 is 1.58 bits per heavy atom. The summed E-state index contributed by atoms with van der Waals surface area (Å²) in [5, 5.41) is 14.2. The van der Waals surface area contributed by atoms with E-state index in [1.54, 1.807) is 41.4 Å². The summed E-state index contributed by atoms with van der Waals surface area (Å²) in [5.41, 5.74) is 0.395. The van der Waals surface area contributed by atoms with Crippen molar-refractivity contribution in [3.05, 3.63) is 77.0 Å². The average molecular weight is 827 g/mol. The van der Waals surface area contributed by atoms with E-state index in [1.807, 2.05) is 6.07 Å². The quantitative estimate of drug-likeness (QED) is 0.269. The van der Waals surface area contributed by atoms with Crippen molar-refractivity contribution >= 4 is 46.7 Å². The molecule has 0 saturated carbocycles. The number of fused-ring (bicyclic) bond motifs is 1. The summed E-state index contributed by atoms with van der Waals surface area (Å²) < 4.78 is 46.5. The van der Waals surface area contributed by atoms with E-state index < -0.39 is 47.0 Å². The van der Waals surface area contributed by atoms with Gasteiger partial charge in [-0.3, -0.25) is 34.2 Å². The van der Waals surface area contributed by atoms with E-state index in [0.717, 1.165) is 62.2 Å². The van der Waals surface area contributed by atoms with Crippen molar-refractivity contribution in [3.63, 3.8) is 0 Å². The van der Waals surface area contributed by atoms with Crippen LogP contribution in [0.2, 0.25) is 0 Å². The second kappa shape index (κ2) is 16.2. The lowest BCUT2D eigenvalue weighted by molar-refractivity contribution is -0.138. The van der Waals surface area contributed by atoms with Gasteiger partial charge in [0.25, 0.3) is 11.8 Å².